The summed E-state index contributed by atoms with van der Waals surface area (Å²) < 4.78 is 23.6. The van der Waals surface area contributed by atoms with E-state index in [1.165, 1.54) is 0 Å². The van der Waals surface area contributed by atoms with Gasteiger partial charge < -0.3 is 52.0 Å². The predicted molar refractivity (Wildman–Crippen MR) is 348 cm³/mol. The Morgan fingerprint density at radius 2 is 1.04 bits per heavy atom. The third-order valence-corrected chi connectivity index (χ3v) is 9.26. The molecule has 0 spiro atoms. The summed E-state index contributed by atoms with van der Waals surface area (Å²) in [5.74, 6) is 3.12. The summed E-state index contributed by atoms with van der Waals surface area (Å²) in [5, 5.41) is 28.4. The summed E-state index contributed by atoms with van der Waals surface area (Å²) in [7, 11) is 0. The number of nitrogens with one attached hydrogen (secondary N) is 3. The van der Waals surface area contributed by atoms with Gasteiger partial charge >= 0.3 is 130 Å². The molecule has 25 heteroatoms. The molecule has 0 radical (unpaired) electrons. The van der Waals surface area contributed by atoms with Gasteiger partial charge in [-0.2, -0.15) is 6.92 Å². The molecule has 0 bridgehead atoms. The second-order valence-electron chi connectivity index (χ2n) is 16.0. The fraction of sp³-hybridized carbons (Fsp3) is 0.489. The number of aliphatic hydroxyl groups excluding tert-OH is 1. The summed E-state index contributed by atoms with van der Waals surface area (Å²) in [4.78, 5) is 35.4. The number of pyridine rings is 3. The molecule has 0 saturated carbocycles. The van der Waals surface area contributed by atoms with Crippen molar-refractivity contribution in [3.63, 3.8) is 0 Å². The van der Waals surface area contributed by atoms with Gasteiger partial charge in [0.05, 0.1) is 62.4 Å². The molecule has 0 saturated heterocycles. The van der Waals surface area contributed by atoms with Crippen molar-refractivity contribution >= 4 is 178 Å². The van der Waals surface area contributed by atoms with Crippen LogP contribution in [0.15, 0.2) is 45.7 Å². The van der Waals surface area contributed by atoms with Gasteiger partial charge in [0.25, 0.3) is 0 Å². The van der Waals surface area contributed by atoms with Gasteiger partial charge in [0.2, 0.25) is 11.6 Å². The zero-order chi connectivity index (χ0) is 54.6. The zero-order valence-electron chi connectivity index (χ0n) is 42.4. The number of aryl methyl sites for hydroxylation is 3. The van der Waals surface area contributed by atoms with Crippen molar-refractivity contribution in [1.29, 1.82) is 0 Å². The number of carbonyl (C=O) groups is 1. The van der Waals surface area contributed by atoms with Crippen molar-refractivity contribution in [1.82, 2.24) is 30.9 Å². The quantitative estimate of drug-likeness (QED) is 0.0675. The first kappa shape index (κ1) is 70.6. The minimum absolute atomic E-state index is 0.0518. The van der Waals surface area contributed by atoms with Crippen molar-refractivity contribution in [3.8, 4) is 17.2 Å². The van der Waals surface area contributed by atoms with Gasteiger partial charge in [-0.3, -0.25) is 34.7 Å². The Hall–Kier alpha value is 0.569. The SMILES string of the molecule is CC(C)I.CC1=NCCN1.Cc1ncc(/C=C/C2=NCCN2)c(CO)c1O.Cc1ncc(/C=C/C2=NCCN2)c2c1OC(C)(C)OC2.Cc1ncc(C=O)c2c1OC(C)(C)OC2.[CH2-]C.[I][V]([I])[I].[I][V]([I])[I]. The molecular formula is C47H67I7N9O7V2-. The standard InChI is InChI=1S/C15H19N3O2.C12H15N3O2.C11H13NO3.C4H8N2.C3H7I.C2H5.6HI.2V/c1-10-14-12(9-19-15(2,3)20-14)11(8-18-10)4-5-13-16-6-7-17-13;1-8-12(17)10(7-16)9(6-15-8)2-3-11-13-4-5-14-11;1-7-10-9(8(5-13)4-12-7)6-14-11(2,3)15-10;1-4-5-2-3-6-4;1-3(2)4;1-2;;;;;;;;/h4-5,8H,6-7,9H2,1-3H3,(H,16,17);2-3,6,16-17H,4-5,7H2,1H3,(H,13,14);4-5H,6H2,1-3H3;2-3H2,1H3,(H,5,6);3H,1-2H3;1H2,2H3;6*1H;;/q;;;;;-1;;;;;;;2*+3/p-6/b5-4+;3-2+;;;;;;;;;;;;. The van der Waals surface area contributed by atoms with Crippen LogP contribution >= 0.6 is 142 Å². The molecular weight excluding hydrogens is 1790 g/mol. The first-order valence-electron chi connectivity index (χ1n) is 22.3. The Morgan fingerprint density at radius 3 is 1.40 bits per heavy atom. The number of aromatic nitrogens is 3. The van der Waals surface area contributed by atoms with E-state index in [2.05, 4.69) is 209 Å². The summed E-state index contributed by atoms with van der Waals surface area (Å²) in [5.41, 5.74) is 6.77. The van der Waals surface area contributed by atoms with Gasteiger partial charge in [-0.25, -0.2) is 0 Å². The van der Waals surface area contributed by atoms with E-state index >= 15 is 0 Å². The van der Waals surface area contributed by atoms with Gasteiger partial charge in [-0.1, -0.05) is 36.4 Å². The van der Waals surface area contributed by atoms with E-state index in [1.807, 2.05) is 72.9 Å². The zero-order valence-corrected chi connectivity index (χ0v) is 60.3. The summed E-state index contributed by atoms with van der Waals surface area (Å²) >= 11 is 17.1. The number of ether oxygens (including phenoxy) is 4. The van der Waals surface area contributed by atoms with Crippen LogP contribution in [0.2, 0.25) is 0 Å². The normalized spacial score (nSPS) is 16.1. The van der Waals surface area contributed by atoms with Crippen LogP contribution in [0.4, 0.5) is 0 Å². The van der Waals surface area contributed by atoms with Crippen LogP contribution in [-0.4, -0.2) is 104 Å². The fourth-order valence-corrected chi connectivity index (χ4v) is 6.04. The number of aliphatic imine (C=N–C) groups is 3. The Labute approximate surface area is 516 Å². The van der Waals surface area contributed by atoms with Crippen molar-refractivity contribution in [2.24, 2.45) is 15.0 Å². The van der Waals surface area contributed by atoms with Crippen LogP contribution in [0.5, 0.6) is 17.2 Å². The molecule has 402 valence electrons. The fourth-order valence-electron chi connectivity index (χ4n) is 6.04. The number of nitrogens with zero attached hydrogens (tertiary/aromatic N) is 6. The van der Waals surface area contributed by atoms with Gasteiger partial charge in [-0.15, -0.1) is 0 Å². The number of hydrogen-bond acceptors (Lipinski definition) is 16. The van der Waals surface area contributed by atoms with Crippen molar-refractivity contribution in [2.75, 3.05) is 39.3 Å². The number of amidine groups is 3. The Morgan fingerprint density at radius 1 is 0.667 bits per heavy atom. The maximum absolute atomic E-state index is 10.8. The van der Waals surface area contributed by atoms with Gasteiger partial charge in [0.15, 0.2) is 12.0 Å². The number of aldehydes is 1. The number of carbonyl (C=O) groups excluding carboxylic acids is 1. The number of rotatable bonds is 6. The number of aliphatic hydroxyl groups is 1. The summed E-state index contributed by atoms with van der Waals surface area (Å²) in [6, 6.07) is 0. The van der Waals surface area contributed by atoms with Gasteiger partial charge in [0.1, 0.15) is 23.2 Å². The molecule has 0 amide bonds. The van der Waals surface area contributed by atoms with Crippen LogP contribution in [0, 0.1) is 27.7 Å². The van der Waals surface area contributed by atoms with E-state index in [-0.39, 0.29) is 22.2 Å². The maximum atomic E-state index is 10.8. The summed E-state index contributed by atoms with van der Waals surface area (Å²) in [6.45, 7) is 30.4. The third-order valence-electron chi connectivity index (χ3n) is 9.26. The molecule has 3 aromatic rings. The Balaban J connectivity index is 0.000000457. The second kappa shape index (κ2) is 38.2. The van der Waals surface area contributed by atoms with E-state index in [1.54, 1.807) is 32.3 Å². The van der Waals surface area contributed by atoms with E-state index in [0.717, 1.165) is 101 Å². The van der Waals surface area contributed by atoms with E-state index in [0.29, 0.717) is 41.3 Å². The summed E-state index contributed by atoms with van der Waals surface area (Å²) in [6.07, 6.45) is 13.4. The van der Waals surface area contributed by atoms with Gasteiger partial charge in [-0.05, 0) is 52.0 Å². The first-order valence-corrected chi connectivity index (χ1v) is 50.6. The van der Waals surface area contributed by atoms with E-state index < -0.39 is 11.6 Å². The van der Waals surface area contributed by atoms with Crippen LogP contribution in [0.3, 0.4) is 0 Å². The third kappa shape index (κ3) is 29.0. The topological polar surface area (TPSA) is 206 Å². The average Bonchev–Trinajstić information content (AvgIpc) is 4.14. The minimum atomic E-state index is -0.652. The molecule has 16 nitrogen and oxygen atoms in total. The monoisotopic (exact) mass is 1860 g/mol. The number of fused-ring (bicyclic) bond motifs is 2. The van der Waals surface area contributed by atoms with Crippen molar-refractivity contribution in [2.45, 2.75) is 111 Å². The van der Waals surface area contributed by atoms with Crippen LogP contribution in [0.1, 0.15) is 111 Å². The number of alkyl halides is 1. The van der Waals surface area contributed by atoms with E-state index in [9.17, 15) is 15.0 Å². The molecule has 8 heterocycles. The van der Waals surface area contributed by atoms with Crippen LogP contribution < -0.4 is 25.4 Å². The Kier molecular flexibility index (Phi) is 37.5. The molecule has 0 atom stereocenters. The van der Waals surface area contributed by atoms with Crippen molar-refractivity contribution in [3.05, 3.63) is 88.1 Å². The van der Waals surface area contributed by atoms with E-state index in [4.69, 9.17) is 18.9 Å². The molecule has 5 aliphatic heterocycles. The molecule has 0 aliphatic carbocycles. The molecule has 0 unspecified atom stereocenters. The predicted octanol–water partition coefficient (Wildman–Crippen LogP) is 12.5. The van der Waals surface area contributed by atoms with Crippen LogP contribution in [0.25, 0.3) is 12.2 Å². The number of halogens is 7. The average molecular weight is 1860 g/mol. The Bertz CT molecular complexity index is 2280. The molecule has 0 fully saturated rings. The molecule has 0 aromatic carbocycles. The number of aromatic hydroxyl groups is 1. The molecule has 5 N–H and O–H groups in total. The molecule has 3 aromatic heterocycles. The molecule has 72 heavy (non-hydrogen) atoms. The first-order chi connectivity index (χ1) is 33.9. The second-order valence-corrected chi connectivity index (χ2v) is 89.3. The molecule has 8 rings (SSSR count). The molecule has 5 aliphatic rings. The number of hydrogen-bond donors (Lipinski definition) is 5. The van der Waals surface area contributed by atoms with Gasteiger partial charge in [0, 0.05) is 103 Å². The van der Waals surface area contributed by atoms with Crippen molar-refractivity contribution < 1.29 is 43.8 Å². The van der Waals surface area contributed by atoms with Crippen LogP contribution in [-0.2, 0) is 39.1 Å².